The molecule has 0 aliphatic carbocycles. The Morgan fingerprint density at radius 1 is 1.22 bits per heavy atom. The molecule has 0 aromatic heterocycles. The highest BCUT2D eigenvalue weighted by atomic mass is 15.3. The third-order valence-electron chi connectivity index (χ3n) is 4.75. The molecule has 0 spiro atoms. The summed E-state index contributed by atoms with van der Waals surface area (Å²) in [4.78, 5) is 5.37. The molecule has 18 heavy (non-hydrogen) atoms. The fourth-order valence-electron chi connectivity index (χ4n) is 3.58. The second kappa shape index (κ2) is 5.34. The summed E-state index contributed by atoms with van der Waals surface area (Å²) in [6.45, 7) is 17.2. The van der Waals surface area contributed by atoms with E-state index in [0.29, 0.717) is 5.54 Å². The lowest BCUT2D eigenvalue weighted by molar-refractivity contribution is 0.0515. The van der Waals surface area contributed by atoms with Crippen LogP contribution in [0.5, 0.6) is 0 Å². The fraction of sp³-hybridized carbons (Fsp3) is 0.875. The van der Waals surface area contributed by atoms with Gasteiger partial charge in [-0.2, -0.15) is 0 Å². The van der Waals surface area contributed by atoms with Crippen LogP contribution in [0, 0.1) is 0 Å². The molecule has 2 heteroatoms. The van der Waals surface area contributed by atoms with Gasteiger partial charge >= 0.3 is 0 Å². The van der Waals surface area contributed by atoms with Crippen molar-refractivity contribution in [2.45, 2.75) is 71.0 Å². The number of hydrogen-bond donors (Lipinski definition) is 0. The van der Waals surface area contributed by atoms with Gasteiger partial charge in [-0.25, -0.2) is 0 Å². The van der Waals surface area contributed by atoms with E-state index in [1.165, 1.54) is 44.3 Å². The van der Waals surface area contributed by atoms with Crippen LogP contribution < -0.4 is 0 Å². The van der Waals surface area contributed by atoms with E-state index in [0.717, 1.165) is 18.6 Å². The lowest BCUT2D eigenvalue weighted by atomic mass is 9.96. The van der Waals surface area contributed by atoms with Gasteiger partial charge in [0.2, 0.25) is 0 Å². The largest absolute Gasteiger partial charge is 0.298 e. The van der Waals surface area contributed by atoms with E-state index in [4.69, 9.17) is 0 Å². The van der Waals surface area contributed by atoms with Crippen molar-refractivity contribution in [3.8, 4) is 0 Å². The van der Waals surface area contributed by atoms with Crippen LogP contribution in [0.2, 0.25) is 0 Å². The van der Waals surface area contributed by atoms with Gasteiger partial charge in [-0.15, -0.1) is 0 Å². The molecule has 1 atom stereocenters. The molecule has 104 valence electrons. The van der Waals surface area contributed by atoms with Crippen molar-refractivity contribution in [1.29, 1.82) is 0 Å². The first-order valence-electron chi connectivity index (χ1n) is 7.59. The molecule has 0 aromatic carbocycles. The van der Waals surface area contributed by atoms with Gasteiger partial charge in [-0.1, -0.05) is 19.1 Å². The maximum absolute atomic E-state index is 4.20. The van der Waals surface area contributed by atoms with Gasteiger partial charge < -0.3 is 0 Å². The standard InChI is InChI=1S/C16H30N2/c1-6-14-11-13(2)12-18(14)15-7-9-17(10-8-15)16(3,4)5/h14-15H,2,6-12H2,1,3-5H3. The molecular formula is C16H30N2. The summed E-state index contributed by atoms with van der Waals surface area (Å²) in [5.41, 5.74) is 1.78. The summed E-state index contributed by atoms with van der Waals surface area (Å²) in [6.07, 6.45) is 5.18. The fourth-order valence-corrected chi connectivity index (χ4v) is 3.58. The predicted octanol–water partition coefficient (Wildman–Crippen LogP) is 3.29. The zero-order valence-electron chi connectivity index (χ0n) is 12.7. The van der Waals surface area contributed by atoms with Gasteiger partial charge in [-0.05, 0) is 46.5 Å². The van der Waals surface area contributed by atoms with Crippen LogP contribution in [-0.4, -0.2) is 47.1 Å². The number of rotatable bonds is 2. The van der Waals surface area contributed by atoms with Crippen LogP contribution in [-0.2, 0) is 0 Å². The SMILES string of the molecule is C=C1CC(CC)N(C2CCN(C(C)(C)C)CC2)C1. The maximum Gasteiger partial charge on any atom is 0.0196 e. The van der Waals surface area contributed by atoms with E-state index in [1.54, 1.807) is 0 Å². The molecule has 0 N–H and O–H groups in total. The zero-order valence-corrected chi connectivity index (χ0v) is 12.7. The minimum Gasteiger partial charge on any atom is -0.298 e. The van der Waals surface area contributed by atoms with Gasteiger partial charge in [0.05, 0.1) is 0 Å². The van der Waals surface area contributed by atoms with Crippen LogP contribution in [0.4, 0.5) is 0 Å². The summed E-state index contributed by atoms with van der Waals surface area (Å²) in [5, 5.41) is 0. The molecule has 0 amide bonds. The summed E-state index contributed by atoms with van der Waals surface area (Å²) in [7, 11) is 0. The smallest absolute Gasteiger partial charge is 0.0196 e. The molecule has 2 rings (SSSR count). The first-order valence-corrected chi connectivity index (χ1v) is 7.59. The van der Waals surface area contributed by atoms with Gasteiger partial charge in [0.15, 0.2) is 0 Å². The first kappa shape index (κ1) is 14.1. The summed E-state index contributed by atoms with van der Waals surface area (Å²) < 4.78 is 0. The number of nitrogens with zero attached hydrogens (tertiary/aromatic N) is 2. The molecule has 2 saturated heterocycles. The Labute approximate surface area is 113 Å². The van der Waals surface area contributed by atoms with Crippen LogP contribution in [0.1, 0.15) is 53.4 Å². The highest BCUT2D eigenvalue weighted by Crippen LogP contribution is 2.31. The van der Waals surface area contributed by atoms with Crippen LogP contribution >= 0.6 is 0 Å². The van der Waals surface area contributed by atoms with E-state index in [1.807, 2.05) is 0 Å². The Hall–Kier alpha value is -0.340. The molecule has 2 fully saturated rings. The van der Waals surface area contributed by atoms with Crippen LogP contribution in [0.15, 0.2) is 12.2 Å². The van der Waals surface area contributed by atoms with E-state index < -0.39 is 0 Å². The van der Waals surface area contributed by atoms with Crippen molar-refractivity contribution < 1.29 is 0 Å². The lowest BCUT2D eigenvalue weighted by Gasteiger charge is -2.44. The molecular weight excluding hydrogens is 220 g/mol. The first-order chi connectivity index (χ1) is 8.41. The quantitative estimate of drug-likeness (QED) is 0.694. The predicted molar refractivity (Wildman–Crippen MR) is 78.9 cm³/mol. The Morgan fingerprint density at radius 3 is 2.33 bits per heavy atom. The van der Waals surface area contributed by atoms with Crippen molar-refractivity contribution >= 4 is 0 Å². The average Bonchev–Trinajstić information content (AvgIpc) is 2.69. The van der Waals surface area contributed by atoms with Gasteiger partial charge in [-0.3, -0.25) is 9.80 Å². The summed E-state index contributed by atoms with van der Waals surface area (Å²) >= 11 is 0. The van der Waals surface area contributed by atoms with Gasteiger partial charge in [0, 0.05) is 37.3 Å². The molecule has 2 aliphatic heterocycles. The second-order valence-corrected chi connectivity index (χ2v) is 7.08. The van der Waals surface area contributed by atoms with E-state index >= 15 is 0 Å². The molecule has 2 heterocycles. The Balaban J connectivity index is 1.91. The topological polar surface area (TPSA) is 6.48 Å². The maximum atomic E-state index is 4.20. The molecule has 2 nitrogen and oxygen atoms in total. The Kier molecular flexibility index (Phi) is 4.18. The van der Waals surface area contributed by atoms with Crippen molar-refractivity contribution in [3.05, 3.63) is 12.2 Å². The number of hydrogen-bond acceptors (Lipinski definition) is 2. The average molecular weight is 250 g/mol. The number of piperidine rings is 1. The minimum absolute atomic E-state index is 0.337. The Bertz CT molecular complexity index is 295. The third-order valence-corrected chi connectivity index (χ3v) is 4.75. The summed E-state index contributed by atoms with van der Waals surface area (Å²) in [6, 6.07) is 1.57. The van der Waals surface area contributed by atoms with Crippen molar-refractivity contribution in [1.82, 2.24) is 9.80 Å². The highest BCUT2D eigenvalue weighted by molar-refractivity contribution is 5.09. The van der Waals surface area contributed by atoms with Gasteiger partial charge in [0.25, 0.3) is 0 Å². The van der Waals surface area contributed by atoms with Crippen LogP contribution in [0.3, 0.4) is 0 Å². The van der Waals surface area contributed by atoms with Crippen LogP contribution in [0.25, 0.3) is 0 Å². The van der Waals surface area contributed by atoms with E-state index in [-0.39, 0.29) is 0 Å². The normalized spacial score (nSPS) is 29.1. The van der Waals surface area contributed by atoms with Crippen molar-refractivity contribution in [2.24, 2.45) is 0 Å². The lowest BCUT2D eigenvalue weighted by Crippen LogP contribution is -2.51. The molecule has 0 bridgehead atoms. The number of likely N-dealkylation sites (tertiary alicyclic amines) is 2. The monoisotopic (exact) mass is 250 g/mol. The summed E-state index contributed by atoms with van der Waals surface area (Å²) in [5.74, 6) is 0. The Morgan fingerprint density at radius 2 is 1.83 bits per heavy atom. The van der Waals surface area contributed by atoms with Crippen molar-refractivity contribution in [3.63, 3.8) is 0 Å². The highest BCUT2D eigenvalue weighted by Gasteiger charge is 2.35. The molecule has 0 saturated carbocycles. The van der Waals surface area contributed by atoms with E-state index in [2.05, 4.69) is 44.1 Å². The zero-order chi connectivity index (χ0) is 13.3. The molecule has 0 aromatic rings. The second-order valence-electron chi connectivity index (χ2n) is 7.08. The molecule has 0 radical (unpaired) electrons. The van der Waals surface area contributed by atoms with Crippen molar-refractivity contribution in [2.75, 3.05) is 19.6 Å². The van der Waals surface area contributed by atoms with Gasteiger partial charge in [0.1, 0.15) is 0 Å². The molecule has 1 unspecified atom stereocenters. The van der Waals surface area contributed by atoms with E-state index in [9.17, 15) is 0 Å². The minimum atomic E-state index is 0.337. The third kappa shape index (κ3) is 2.97. The molecule has 2 aliphatic rings.